The van der Waals surface area contributed by atoms with E-state index < -0.39 is 15.8 Å². The van der Waals surface area contributed by atoms with Gasteiger partial charge in [-0.15, -0.1) is 0 Å². The van der Waals surface area contributed by atoms with Gasteiger partial charge in [-0.05, 0) is 12.1 Å². The van der Waals surface area contributed by atoms with E-state index in [-0.39, 0.29) is 17.0 Å². The third-order valence-corrected chi connectivity index (χ3v) is 4.74. The Morgan fingerprint density at radius 2 is 1.88 bits per heavy atom. The maximum atomic E-state index is 13.5. The van der Waals surface area contributed by atoms with Crippen LogP contribution in [0.25, 0.3) is 0 Å². The molecule has 0 radical (unpaired) electrons. The summed E-state index contributed by atoms with van der Waals surface area (Å²) in [5.74, 6) is -0.583. The van der Waals surface area contributed by atoms with E-state index in [1.54, 1.807) is 13.8 Å². The molecule has 1 aromatic rings. The summed E-state index contributed by atoms with van der Waals surface area (Å²) < 4.78 is 39.2. The highest BCUT2D eigenvalue weighted by Crippen LogP contribution is 2.22. The first-order valence-electron chi connectivity index (χ1n) is 5.46. The van der Waals surface area contributed by atoms with Crippen molar-refractivity contribution in [3.63, 3.8) is 0 Å². The summed E-state index contributed by atoms with van der Waals surface area (Å²) in [7, 11) is -3.65. The molecular formula is C11H17FN2O2S. The number of halogens is 1. The van der Waals surface area contributed by atoms with Crippen LogP contribution in [0.1, 0.15) is 19.4 Å². The van der Waals surface area contributed by atoms with Gasteiger partial charge >= 0.3 is 0 Å². The zero-order valence-electron chi connectivity index (χ0n) is 9.98. The fourth-order valence-corrected chi connectivity index (χ4v) is 3.38. The highest BCUT2D eigenvalue weighted by Gasteiger charge is 2.25. The molecule has 0 atom stereocenters. The fraction of sp³-hybridized carbons (Fsp3) is 0.455. The van der Waals surface area contributed by atoms with Gasteiger partial charge in [-0.25, -0.2) is 12.8 Å². The Labute approximate surface area is 101 Å². The van der Waals surface area contributed by atoms with Gasteiger partial charge < -0.3 is 5.73 Å². The van der Waals surface area contributed by atoms with Gasteiger partial charge in [0.2, 0.25) is 10.0 Å². The molecule has 96 valence electrons. The summed E-state index contributed by atoms with van der Waals surface area (Å²) in [6.07, 6.45) is 0. The average molecular weight is 260 g/mol. The number of nitrogens with zero attached hydrogens (tertiary/aromatic N) is 1. The molecule has 0 spiro atoms. The van der Waals surface area contributed by atoms with E-state index in [9.17, 15) is 12.8 Å². The Balaban J connectivity index is 3.38. The predicted octanol–water partition coefficient (Wildman–Crippen LogP) is 1.31. The first-order chi connectivity index (χ1) is 7.98. The highest BCUT2D eigenvalue weighted by atomic mass is 32.2. The summed E-state index contributed by atoms with van der Waals surface area (Å²) in [4.78, 5) is -0.0382. The first kappa shape index (κ1) is 14.1. The molecule has 0 aliphatic heterocycles. The number of hydrogen-bond acceptors (Lipinski definition) is 3. The lowest BCUT2D eigenvalue weighted by molar-refractivity contribution is 0.443. The molecule has 0 fully saturated rings. The second-order valence-electron chi connectivity index (χ2n) is 3.51. The van der Waals surface area contributed by atoms with Gasteiger partial charge in [0.1, 0.15) is 5.82 Å². The molecular weight excluding hydrogens is 243 g/mol. The Morgan fingerprint density at radius 3 is 2.35 bits per heavy atom. The Hall–Kier alpha value is -0.980. The van der Waals surface area contributed by atoms with Crippen LogP contribution in [0.4, 0.5) is 4.39 Å². The molecule has 0 aliphatic carbocycles. The molecule has 2 N–H and O–H groups in total. The van der Waals surface area contributed by atoms with E-state index in [4.69, 9.17) is 5.73 Å². The van der Waals surface area contributed by atoms with E-state index in [0.29, 0.717) is 13.1 Å². The van der Waals surface area contributed by atoms with Gasteiger partial charge in [0.15, 0.2) is 0 Å². The zero-order valence-corrected chi connectivity index (χ0v) is 10.8. The van der Waals surface area contributed by atoms with Gasteiger partial charge in [-0.3, -0.25) is 0 Å². The molecule has 6 heteroatoms. The van der Waals surface area contributed by atoms with Crippen LogP contribution in [0, 0.1) is 5.82 Å². The van der Waals surface area contributed by atoms with Crippen molar-refractivity contribution in [1.29, 1.82) is 0 Å². The van der Waals surface area contributed by atoms with Crippen LogP contribution in [0.2, 0.25) is 0 Å². The summed E-state index contributed by atoms with van der Waals surface area (Å²) in [6, 6.07) is 3.98. The molecule has 0 unspecified atom stereocenters. The molecule has 0 aromatic heterocycles. The van der Waals surface area contributed by atoms with Crippen molar-refractivity contribution < 1.29 is 12.8 Å². The second-order valence-corrected chi connectivity index (χ2v) is 5.42. The van der Waals surface area contributed by atoms with E-state index >= 15 is 0 Å². The molecule has 1 rings (SSSR count). The SMILES string of the molecule is CCN(CC)S(=O)(=O)c1cccc(F)c1CN. The minimum absolute atomic E-state index is 0.0382. The lowest BCUT2D eigenvalue weighted by Crippen LogP contribution is -2.31. The van der Waals surface area contributed by atoms with Crippen molar-refractivity contribution in [2.75, 3.05) is 13.1 Å². The number of hydrogen-bond donors (Lipinski definition) is 1. The molecule has 0 aliphatic rings. The quantitative estimate of drug-likeness (QED) is 0.868. The van der Waals surface area contributed by atoms with Crippen LogP contribution in [-0.2, 0) is 16.6 Å². The predicted molar refractivity (Wildman–Crippen MR) is 64.4 cm³/mol. The first-order valence-corrected chi connectivity index (χ1v) is 6.90. The van der Waals surface area contributed by atoms with E-state index in [2.05, 4.69) is 0 Å². The van der Waals surface area contributed by atoms with E-state index in [0.717, 1.165) is 0 Å². The second kappa shape index (κ2) is 5.57. The van der Waals surface area contributed by atoms with Crippen LogP contribution in [0.15, 0.2) is 23.1 Å². The zero-order chi connectivity index (χ0) is 13.1. The van der Waals surface area contributed by atoms with E-state index in [1.165, 1.54) is 22.5 Å². The molecule has 0 bridgehead atoms. The van der Waals surface area contributed by atoms with Crippen molar-refractivity contribution in [3.05, 3.63) is 29.6 Å². The summed E-state index contributed by atoms with van der Waals surface area (Å²) >= 11 is 0. The van der Waals surface area contributed by atoms with Gasteiger partial charge in [-0.2, -0.15) is 4.31 Å². The van der Waals surface area contributed by atoms with Crippen LogP contribution in [0.3, 0.4) is 0 Å². The summed E-state index contributed by atoms with van der Waals surface area (Å²) in [5, 5.41) is 0. The summed E-state index contributed by atoms with van der Waals surface area (Å²) in [5.41, 5.74) is 5.45. The molecule has 0 amide bonds. The number of benzene rings is 1. The number of rotatable bonds is 5. The van der Waals surface area contributed by atoms with Crippen molar-refractivity contribution >= 4 is 10.0 Å². The topological polar surface area (TPSA) is 63.4 Å². The lowest BCUT2D eigenvalue weighted by atomic mass is 10.2. The van der Waals surface area contributed by atoms with Gasteiger partial charge in [-0.1, -0.05) is 19.9 Å². The Kier molecular flexibility index (Phi) is 4.62. The monoisotopic (exact) mass is 260 g/mol. The summed E-state index contributed by atoms with van der Waals surface area (Å²) in [6.45, 7) is 4.03. The van der Waals surface area contributed by atoms with Gasteiger partial charge in [0, 0.05) is 25.2 Å². The van der Waals surface area contributed by atoms with Crippen molar-refractivity contribution in [3.8, 4) is 0 Å². The van der Waals surface area contributed by atoms with E-state index in [1.807, 2.05) is 0 Å². The fourth-order valence-electron chi connectivity index (χ4n) is 1.68. The lowest BCUT2D eigenvalue weighted by Gasteiger charge is -2.20. The molecule has 0 saturated carbocycles. The third-order valence-electron chi connectivity index (χ3n) is 2.60. The van der Waals surface area contributed by atoms with Crippen molar-refractivity contribution in [1.82, 2.24) is 4.31 Å². The van der Waals surface area contributed by atoms with Crippen molar-refractivity contribution in [2.24, 2.45) is 5.73 Å². The Bertz CT molecular complexity index is 484. The van der Waals surface area contributed by atoms with Crippen LogP contribution < -0.4 is 5.73 Å². The number of nitrogens with two attached hydrogens (primary N) is 1. The maximum absolute atomic E-state index is 13.5. The molecule has 0 heterocycles. The highest BCUT2D eigenvalue weighted by molar-refractivity contribution is 7.89. The number of sulfonamides is 1. The molecule has 4 nitrogen and oxygen atoms in total. The minimum Gasteiger partial charge on any atom is -0.326 e. The normalized spacial score (nSPS) is 12.1. The van der Waals surface area contributed by atoms with Crippen molar-refractivity contribution in [2.45, 2.75) is 25.3 Å². The average Bonchev–Trinajstić information content (AvgIpc) is 2.29. The van der Waals surface area contributed by atoms with Gasteiger partial charge in [0.25, 0.3) is 0 Å². The maximum Gasteiger partial charge on any atom is 0.243 e. The van der Waals surface area contributed by atoms with Gasteiger partial charge in [0.05, 0.1) is 4.90 Å². The standard InChI is InChI=1S/C11H17FN2O2S/c1-3-14(4-2)17(15,16)11-7-5-6-10(12)9(11)8-13/h5-7H,3-4,8,13H2,1-2H3. The third kappa shape index (κ3) is 2.65. The molecule has 1 aromatic carbocycles. The van der Waals surface area contributed by atoms with Crippen LogP contribution >= 0.6 is 0 Å². The largest absolute Gasteiger partial charge is 0.326 e. The smallest absolute Gasteiger partial charge is 0.243 e. The van der Waals surface area contributed by atoms with Crippen LogP contribution in [0.5, 0.6) is 0 Å². The van der Waals surface area contributed by atoms with Crippen LogP contribution in [-0.4, -0.2) is 25.8 Å². The Morgan fingerprint density at radius 1 is 1.29 bits per heavy atom. The minimum atomic E-state index is -3.65. The molecule has 17 heavy (non-hydrogen) atoms. The molecule has 0 saturated heterocycles.